The highest BCUT2D eigenvalue weighted by Gasteiger charge is 2.05. The number of carbonyl (C=O) groups excluding carboxylic acids is 1. The summed E-state index contributed by atoms with van der Waals surface area (Å²) in [5.74, 6) is -0.937. The van der Waals surface area contributed by atoms with Crippen LogP contribution < -0.4 is 4.74 Å². The molecule has 0 spiro atoms. The van der Waals surface area contributed by atoms with Crippen molar-refractivity contribution < 1.29 is 19.4 Å². The fraction of sp³-hybridized carbons (Fsp3) is 0.143. The van der Waals surface area contributed by atoms with Gasteiger partial charge in [0.25, 0.3) is 0 Å². The highest BCUT2D eigenvalue weighted by atomic mass is 16.5. The average Bonchev–Trinajstić information content (AvgIpc) is 2.29. The van der Waals surface area contributed by atoms with E-state index in [1.54, 1.807) is 24.3 Å². The fourth-order valence-electron chi connectivity index (χ4n) is 1.44. The molecule has 0 heterocycles. The Hall–Kier alpha value is -2.36. The summed E-state index contributed by atoms with van der Waals surface area (Å²) in [6.07, 6.45) is 4.76. The molecule has 0 bridgehead atoms. The number of aliphatic carboxylic acids is 1. The second-order valence-corrected chi connectivity index (χ2v) is 3.63. The van der Waals surface area contributed by atoms with Gasteiger partial charge in [-0.05, 0) is 35.8 Å². The largest absolute Gasteiger partial charge is 0.478 e. The van der Waals surface area contributed by atoms with E-state index in [1.165, 1.54) is 13.0 Å². The zero-order valence-electron chi connectivity index (χ0n) is 10.1. The number of carboxylic acids is 1. The molecule has 1 aromatic rings. The molecule has 94 valence electrons. The standard InChI is InChI=1S/C14H14O4/c1-3-4-12-9-11(6-8-14(16)17)5-7-13(12)18-10(2)15/h3,5-9H,1,4H2,2H3,(H,16,17)/b8-6+. The molecule has 1 aromatic carbocycles. The molecular formula is C14H14O4. The van der Waals surface area contributed by atoms with Crippen LogP contribution in [0.1, 0.15) is 18.1 Å². The number of carbonyl (C=O) groups is 2. The molecule has 18 heavy (non-hydrogen) atoms. The number of ether oxygens (including phenoxy) is 1. The van der Waals surface area contributed by atoms with Crippen molar-refractivity contribution in [1.29, 1.82) is 0 Å². The van der Waals surface area contributed by atoms with Gasteiger partial charge in [-0.3, -0.25) is 4.79 Å². The van der Waals surface area contributed by atoms with E-state index in [4.69, 9.17) is 9.84 Å². The zero-order valence-corrected chi connectivity index (χ0v) is 10.1. The molecule has 0 unspecified atom stereocenters. The molecule has 0 radical (unpaired) electrons. The van der Waals surface area contributed by atoms with Crippen LogP contribution in [0.15, 0.2) is 36.9 Å². The third-order valence-corrected chi connectivity index (χ3v) is 2.12. The fourth-order valence-corrected chi connectivity index (χ4v) is 1.44. The highest BCUT2D eigenvalue weighted by Crippen LogP contribution is 2.22. The molecule has 0 aliphatic carbocycles. The Morgan fingerprint density at radius 2 is 2.17 bits per heavy atom. The third kappa shape index (κ3) is 4.25. The van der Waals surface area contributed by atoms with Crippen molar-refractivity contribution in [1.82, 2.24) is 0 Å². The van der Waals surface area contributed by atoms with Gasteiger partial charge in [0, 0.05) is 13.0 Å². The van der Waals surface area contributed by atoms with Crippen molar-refractivity contribution in [3.8, 4) is 5.75 Å². The van der Waals surface area contributed by atoms with Gasteiger partial charge in [-0.1, -0.05) is 12.1 Å². The first-order chi connectivity index (χ1) is 8.52. The normalized spacial score (nSPS) is 10.3. The van der Waals surface area contributed by atoms with E-state index >= 15 is 0 Å². The zero-order chi connectivity index (χ0) is 13.5. The number of allylic oxidation sites excluding steroid dienone is 1. The van der Waals surface area contributed by atoms with E-state index in [-0.39, 0.29) is 0 Å². The van der Waals surface area contributed by atoms with Crippen molar-refractivity contribution in [3.63, 3.8) is 0 Å². The summed E-state index contributed by atoms with van der Waals surface area (Å²) < 4.78 is 5.05. The summed E-state index contributed by atoms with van der Waals surface area (Å²) in [5.41, 5.74) is 1.51. The quantitative estimate of drug-likeness (QED) is 0.375. The van der Waals surface area contributed by atoms with Gasteiger partial charge in [-0.15, -0.1) is 6.58 Å². The monoisotopic (exact) mass is 246 g/mol. The number of hydrogen-bond donors (Lipinski definition) is 1. The van der Waals surface area contributed by atoms with Gasteiger partial charge in [0.15, 0.2) is 0 Å². The Balaban J connectivity index is 3.05. The maximum Gasteiger partial charge on any atom is 0.328 e. The molecule has 0 amide bonds. The first-order valence-corrected chi connectivity index (χ1v) is 5.36. The van der Waals surface area contributed by atoms with Crippen molar-refractivity contribution in [2.24, 2.45) is 0 Å². The van der Waals surface area contributed by atoms with E-state index in [9.17, 15) is 9.59 Å². The van der Waals surface area contributed by atoms with Crippen molar-refractivity contribution in [3.05, 3.63) is 48.1 Å². The predicted octanol–water partition coefficient (Wildman–Crippen LogP) is 2.44. The topological polar surface area (TPSA) is 63.6 Å². The van der Waals surface area contributed by atoms with Gasteiger partial charge >= 0.3 is 11.9 Å². The lowest BCUT2D eigenvalue weighted by Gasteiger charge is -2.08. The van der Waals surface area contributed by atoms with Crippen LogP contribution in [0, 0.1) is 0 Å². The minimum absolute atomic E-state index is 0.394. The Labute approximate surface area is 105 Å². The molecule has 4 heteroatoms. The predicted molar refractivity (Wildman–Crippen MR) is 68.3 cm³/mol. The number of hydrogen-bond acceptors (Lipinski definition) is 3. The molecule has 4 nitrogen and oxygen atoms in total. The van der Waals surface area contributed by atoms with Gasteiger partial charge in [-0.25, -0.2) is 4.79 Å². The molecule has 0 saturated carbocycles. The molecule has 0 saturated heterocycles. The number of benzene rings is 1. The van der Waals surface area contributed by atoms with Crippen molar-refractivity contribution in [2.45, 2.75) is 13.3 Å². The first-order valence-electron chi connectivity index (χ1n) is 5.36. The summed E-state index contributed by atoms with van der Waals surface area (Å²) in [4.78, 5) is 21.4. The lowest BCUT2D eigenvalue weighted by atomic mass is 10.1. The summed E-state index contributed by atoms with van der Waals surface area (Å²) in [5, 5.41) is 8.55. The highest BCUT2D eigenvalue weighted by molar-refractivity contribution is 5.85. The van der Waals surface area contributed by atoms with Gasteiger partial charge < -0.3 is 9.84 Å². The average molecular weight is 246 g/mol. The number of rotatable bonds is 5. The molecule has 0 aromatic heterocycles. The molecule has 0 fully saturated rings. The van der Waals surface area contributed by atoms with Crippen LogP contribution in [-0.4, -0.2) is 17.0 Å². The van der Waals surface area contributed by atoms with Crippen LogP contribution in [0.5, 0.6) is 5.75 Å². The van der Waals surface area contributed by atoms with E-state index < -0.39 is 11.9 Å². The smallest absolute Gasteiger partial charge is 0.328 e. The molecule has 0 aliphatic heterocycles. The summed E-state index contributed by atoms with van der Waals surface area (Å²) in [7, 11) is 0. The van der Waals surface area contributed by atoms with E-state index in [0.717, 1.165) is 17.2 Å². The first kappa shape index (κ1) is 13.7. The van der Waals surface area contributed by atoms with Gasteiger partial charge in [-0.2, -0.15) is 0 Å². The number of carboxylic acid groups (broad SMARTS) is 1. The molecule has 0 atom stereocenters. The molecule has 1 rings (SSSR count). The second kappa shape index (κ2) is 6.39. The Morgan fingerprint density at radius 3 is 2.72 bits per heavy atom. The van der Waals surface area contributed by atoms with Crippen LogP contribution in [0.3, 0.4) is 0 Å². The summed E-state index contributed by atoms with van der Waals surface area (Å²) >= 11 is 0. The Morgan fingerprint density at radius 1 is 1.44 bits per heavy atom. The summed E-state index contributed by atoms with van der Waals surface area (Å²) in [6.45, 7) is 4.96. The number of esters is 1. The Bertz CT molecular complexity index is 501. The summed E-state index contributed by atoms with van der Waals surface area (Å²) in [6, 6.07) is 5.09. The third-order valence-electron chi connectivity index (χ3n) is 2.12. The maximum atomic E-state index is 10.9. The van der Waals surface area contributed by atoms with Crippen molar-refractivity contribution >= 4 is 18.0 Å². The van der Waals surface area contributed by atoms with Crippen LogP contribution >= 0.6 is 0 Å². The minimum Gasteiger partial charge on any atom is -0.478 e. The second-order valence-electron chi connectivity index (χ2n) is 3.63. The van der Waals surface area contributed by atoms with E-state index in [0.29, 0.717) is 12.2 Å². The molecule has 0 aliphatic rings. The van der Waals surface area contributed by atoms with Crippen LogP contribution in [0.4, 0.5) is 0 Å². The lowest BCUT2D eigenvalue weighted by Crippen LogP contribution is -2.04. The van der Waals surface area contributed by atoms with E-state index in [1.807, 2.05) is 0 Å². The van der Waals surface area contributed by atoms with Gasteiger partial charge in [0.05, 0.1) is 0 Å². The maximum absolute atomic E-state index is 10.9. The van der Waals surface area contributed by atoms with Crippen LogP contribution in [0.25, 0.3) is 6.08 Å². The molecular weight excluding hydrogens is 232 g/mol. The van der Waals surface area contributed by atoms with Gasteiger partial charge in [0.1, 0.15) is 5.75 Å². The van der Waals surface area contributed by atoms with Gasteiger partial charge in [0.2, 0.25) is 0 Å². The van der Waals surface area contributed by atoms with Crippen LogP contribution in [0.2, 0.25) is 0 Å². The minimum atomic E-state index is -1.01. The van der Waals surface area contributed by atoms with Crippen LogP contribution in [-0.2, 0) is 16.0 Å². The SMILES string of the molecule is C=CCc1cc(/C=C/C(=O)O)ccc1OC(C)=O. The molecule has 1 N–H and O–H groups in total. The van der Waals surface area contributed by atoms with Crippen molar-refractivity contribution in [2.75, 3.05) is 0 Å². The van der Waals surface area contributed by atoms with E-state index in [2.05, 4.69) is 6.58 Å². The lowest BCUT2D eigenvalue weighted by molar-refractivity contribution is -0.132. The Kier molecular flexibility index (Phi) is 4.87.